The number of nitrogens with zero attached hydrogens (tertiary/aromatic N) is 2. The molecule has 1 heterocycles. The number of carbonyl (C=O) groups excluding carboxylic acids is 2. The maximum atomic E-state index is 13.4. The molecule has 178 valence electrons. The van der Waals surface area contributed by atoms with Crippen molar-refractivity contribution in [2.75, 3.05) is 31.5 Å². The fraction of sp³-hybridized carbons (Fsp3) is 0.417. The monoisotopic (exact) mass is 494 g/mol. The van der Waals surface area contributed by atoms with E-state index in [1.807, 2.05) is 26.8 Å². The van der Waals surface area contributed by atoms with Crippen molar-refractivity contribution in [1.82, 2.24) is 15.1 Å². The molecule has 0 saturated carbocycles. The lowest BCUT2D eigenvalue weighted by molar-refractivity contribution is -0.128. The summed E-state index contributed by atoms with van der Waals surface area (Å²) in [4.78, 5) is 29.6. The van der Waals surface area contributed by atoms with Crippen LogP contribution in [0.2, 0.25) is 10.0 Å². The van der Waals surface area contributed by atoms with Crippen molar-refractivity contribution in [3.8, 4) is 0 Å². The fourth-order valence-electron chi connectivity index (χ4n) is 3.92. The molecule has 2 N–H and O–H groups in total. The first-order valence-corrected chi connectivity index (χ1v) is 11.7. The molecule has 3 atom stereocenters. The van der Waals surface area contributed by atoms with Gasteiger partial charge in [0.1, 0.15) is 5.82 Å². The highest BCUT2D eigenvalue weighted by Gasteiger charge is 2.30. The number of halogens is 3. The summed E-state index contributed by atoms with van der Waals surface area (Å²) >= 11 is 12.2. The van der Waals surface area contributed by atoms with Gasteiger partial charge in [0.15, 0.2) is 0 Å². The van der Waals surface area contributed by atoms with Gasteiger partial charge in [-0.2, -0.15) is 0 Å². The predicted molar refractivity (Wildman–Crippen MR) is 130 cm³/mol. The van der Waals surface area contributed by atoms with Crippen LogP contribution in [0.5, 0.6) is 0 Å². The third-order valence-corrected chi connectivity index (χ3v) is 6.65. The van der Waals surface area contributed by atoms with Crippen LogP contribution in [0.15, 0.2) is 42.5 Å². The molecule has 0 spiro atoms. The number of rotatable bonds is 7. The van der Waals surface area contributed by atoms with Crippen LogP contribution < -0.4 is 10.6 Å². The van der Waals surface area contributed by atoms with Crippen molar-refractivity contribution in [2.24, 2.45) is 0 Å². The summed E-state index contributed by atoms with van der Waals surface area (Å²) in [6.07, 6.45) is 0. The molecule has 2 aromatic rings. The highest BCUT2D eigenvalue weighted by Crippen LogP contribution is 2.26. The summed E-state index contributed by atoms with van der Waals surface area (Å²) in [6, 6.07) is 10.1. The molecule has 2 aromatic carbocycles. The standard InChI is InChI=1S/C24H29Cl2FN4O2/c1-15(21-8-7-18(25)13-22(21)26)28-23(32)16(2)30-9-11-31(12-10-30)17(3)24(33)29-20-6-4-5-19(27)14-20/h4-8,13-17H,9-12H2,1-3H3,(H,28,32)(H,29,33). The van der Waals surface area contributed by atoms with Crippen LogP contribution in [-0.2, 0) is 9.59 Å². The average Bonchev–Trinajstić information content (AvgIpc) is 2.78. The summed E-state index contributed by atoms with van der Waals surface area (Å²) in [6.45, 7) is 8.20. The molecule has 0 bridgehead atoms. The zero-order valence-electron chi connectivity index (χ0n) is 18.9. The van der Waals surface area contributed by atoms with Gasteiger partial charge in [-0.3, -0.25) is 19.4 Å². The van der Waals surface area contributed by atoms with Crippen LogP contribution in [0.25, 0.3) is 0 Å². The molecule has 1 aliphatic rings. The number of hydrogen-bond donors (Lipinski definition) is 2. The summed E-state index contributed by atoms with van der Waals surface area (Å²) in [5.41, 5.74) is 1.25. The van der Waals surface area contributed by atoms with E-state index < -0.39 is 5.82 Å². The minimum absolute atomic E-state index is 0.0844. The van der Waals surface area contributed by atoms with Crippen molar-refractivity contribution in [3.05, 3.63) is 63.9 Å². The molecule has 6 nitrogen and oxygen atoms in total. The molecule has 0 radical (unpaired) electrons. The number of anilines is 1. The number of nitrogens with one attached hydrogen (secondary N) is 2. The van der Waals surface area contributed by atoms with E-state index in [1.54, 1.807) is 24.3 Å². The van der Waals surface area contributed by atoms with Gasteiger partial charge in [-0.15, -0.1) is 0 Å². The summed E-state index contributed by atoms with van der Waals surface area (Å²) in [5.74, 6) is -0.665. The van der Waals surface area contributed by atoms with Gasteiger partial charge in [0.25, 0.3) is 0 Å². The molecule has 3 unspecified atom stereocenters. The van der Waals surface area contributed by atoms with E-state index in [-0.39, 0.29) is 29.9 Å². The molecule has 1 fully saturated rings. The van der Waals surface area contributed by atoms with Crippen molar-refractivity contribution in [3.63, 3.8) is 0 Å². The Bertz CT molecular complexity index is 998. The third-order valence-electron chi connectivity index (χ3n) is 6.08. The zero-order chi connectivity index (χ0) is 24.1. The predicted octanol–water partition coefficient (Wildman–Crippen LogP) is 4.34. The van der Waals surface area contributed by atoms with Crippen molar-refractivity contribution >= 4 is 40.7 Å². The second-order valence-corrected chi connectivity index (χ2v) is 9.16. The van der Waals surface area contributed by atoms with E-state index >= 15 is 0 Å². The molecule has 0 aromatic heterocycles. The number of hydrogen-bond acceptors (Lipinski definition) is 4. The molecular formula is C24H29Cl2FN4O2. The second-order valence-electron chi connectivity index (χ2n) is 8.32. The van der Waals surface area contributed by atoms with Crippen LogP contribution in [0.3, 0.4) is 0 Å². The van der Waals surface area contributed by atoms with E-state index in [0.717, 1.165) is 5.56 Å². The maximum Gasteiger partial charge on any atom is 0.241 e. The van der Waals surface area contributed by atoms with Crippen LogP contribution in [0.4, 0.5) is 10.1 Å². The zero-order valence-corrected chi connectivity index (χ0v) is 20.5. The molecular weight excluding hydrogens is 466 g/mol. The van der Waals surface area contributed by atoms with Gasteiger partial charge >= 0.3 is 0 Å². The quantitative estimate of drug-likeness (QED) is 0.600. The number of benzene rings is 2. The molecule has 3 rings (SSSR count). The summed E-state index contributed by atoms with van der Waals surface area (Å²) in [5, 5.41) is 6.85. The first kappa shape index (κ1) is 25.4. The lowest BCUT2D eigenvalue weighted by Gasteiger charge is -2.39. The van der Waals surface area contributed by atoms with E-state index in [2.05, 4.69) is 20.4 Å². The first-order chi connectivity index (χ1) is 15.7. The van der Waals surface area contributed by atoms with Crippen molar-refractivity contribution in [1.29, 1.82) is 0 Å². The molecule has 9 heteroatoms. The number of carbonyl (C=O) groups is 2. The second kappa shape index (κ2) is 11.3. The fourth-order valence-corrected chi connectivity index (χ4v) is 4.49. The Hall–Kier alpha value is -2.19. The smallest absolute Gasteiger partial charge is 0.241 e. The van der Waals surface area contributed by atoms with E-state index in [0.29, 0.717) is 41.9 Å². The summed E-state index contributed by atoms with van der Waals surface area (Å²) < 4.78 is 13.4. The van der Waals surface area contributed by atoms with Gasteiger partial charge in [0, 0.05) is 41.9 Å². The van der Waals surface area contributed by atoms with Crippen LogP contribution in [0, 0.1) is 5.82 Å². The highest BCUT2D eigenvalue weighted by molar-refractivity contribution is 6.35. The van der Waals surface area contributed by atoms with Gasteiger partial charge in [0.05, 0.1) is 18.1 Å². The number of piperazine rings is 1. The Kier molecular flexibility index (Phi) is 8.70. The minimum Gasteiger partial charge on any atom is -0.348 e. The van der Waals surface area contributed by atoms with E-state index in [9.17, 15) is 14.0 Å². The lowest BCUT2D eigenvalue weighted by Crippen LogP contribution is -2.57. The Morgan fingerprint density at radius 3 is 2.09 bits per heavy atom. The highest BCUT2D eigenvalue weighted by atomic mass is 35.5. The average molecular weight is 495 g/mol. The van der Waals surface area contributed by atoms with Crippen LogP contribution in [0.1, 0.15) is 32.4 Å². The number of amides is 2. The van der Waals surface area contributed by atoms with Gasteiger partial charge in [-0.05, 0) is 56.7 Å². The maximum absolute atomic E-state index is 13.4. The van der Waals surface area contributed by atoms with Crippen molar-refractivity contribution < 1.29 is 14.0 Å². The Labute approximate surface area is 204 Å². The van der Waals surface area contributed by atoms with Crippen LogP contribution in [-0.4, -0.2) is 59.9 Å². The lowest BCUT2D eigenvalue weighted by atomic mass is 10.1. The SMILES string of the molecule is CC(NC(=O)C(C)N1CCN(C(C)C(=O)Nc2cccc(F)c2)CC1)c1ccc(Cl)cc1Cl. The largest absolute Gasteiger partial charge is 0.348 e. The van der Waals surface area contributed by atoms with Crippen LogP contribution >= 0.6 is 23.2 Å². The van der Waals surface area contributed by atoms with Crippen molar-refractivity contribution in [2.45, 2.75) is 38.9 Å². The summed E-state index contributed by atoms with van der Waals surface area (Å²) in [7, 11) is 0. The molecule has 33 heavy (non-hydrogen) atoms. The third kappa shape index (κ3) is 6.67. The van der Waals surface area contributed by atoms with E-state index in [1.165, 1.54) is 12.1 Å². The van der Waals surface area contributed by atoms with E-state index in [4.69, 9.17) is 23.2 Å². The van der Waals surface area contributed by atoms with Gasteiger partial charge < -0.3 is 10.6 Å². The Morgan fingerprint density at radius 1 is 0.909 bits per heavy atom. The minimum atomic E-state index is -0.394. The van der Waals surface area contributed by atoms with Gasteiger partial charge in [0.2, 0.25) is 11.8 Å². The molecule has 0 aliphatic carbocycles. The Morgan fingerprint density at radius 2 is 1.52 bits per heavy atom. The molecule has 1 saturated heterocycles. The normalized spacial score (nSPS) is 17.8. The Balaban J connectivity index is 1.49. The molecule has 1 aliphatic heterocycles. The van der Waals surface area contributed by atoms with Gasteiger partial charge in [-0.25, -0.2) is 4.39 Å². The topological polar surface area (TPSA) is 64.7 Å². The first-order valence-electron chi connectivity index (χ1n) is 11.0. The van der Waals surface area contributed by atoms with Gasteiger partial charge in [-0.1, -0.05) is 35.3 Å². The molecule has 2 amide bonds.